The maximum absolute atomic E-state index is 13.4. The Bertz CT molecular complexity index is 1470. The van der Waals surface area contributed by atoms with E-state index in [1.165, 1.54) is 4.31 Å². The quantitative estimate of drug-likeness (QED) is 0.341. The van der Waals surface area contributed by atoms with E-state index in [0.717, 1.165) is 11.3 Å². The Morgan fingerprint density at radius 2 is 1.56 bits per heavy atom. The first-order chi connectivity index (χ1) is 19.6. The molecule has 0 radical (unpaired) electrons. The summed E-state index contributed by atoms with van der Waals surface area (Å²) in [4.78, 5) is 15.0. The summed E-state index contributed by atoms with van der Waals surface area (Å²) < 4.78 is 34.9. The molecule has 8 nitrogen and oxygen atoms in total. The summed E-state index contributed by atoms with van der Waals surface area (Å²) in [6, 6.07) is 23.4. The van der Waals surface area contributed by atoms with E-state index in [0.29, 0.717) is 62.1 Å². The zero-order valence-electron chi connectivity index (χ0n) is 22.6. The van der Waals surface area contributed by atoms with Gasteiger partial charge in [-0.05, 0) is 61.2 Å². The predicted octanol–water partition coefficient (Wildman–Crippen LogP) is 4.73. The van der Waals surface area contributed by atoms with Crippen molar-refractivity contribution in [2.24, 2.45) is 5.73 Å². The van der Waals surface area contributed by atoms with Crippen LogP contribution in [0.3, 0.4) is 0 Å². The Balaban J connectivity index is 1.27. The van der Waals surface area contributed by atoms with Crippen LogP contribution < -0.4 is 11.1 Å². The number of primary amides is 1. The number of para-hydroxylation sites is 1. The van der Waals surface area contributed by atoms with Gasteiger partial charge in [0.2, 0.25) is 15.9 Å². The van der Waals surface area contributed by atoms with E-state index in [9.17, 15) is 13.2 Å². The van der Waals surface area contributed by atoms with Crippen LogP contribution in [0.2, 0.25) is 10.0 Å². The Kier molecular flexibility index (Phi) is 8.94. The molecule has 2 fully saturated rings. The molecule has 2 aliphatic rings. The molecule has 11 heteroatoms. The number of piperidine rings is 1. The summed E-state index contributed by atoms with van der Waals surface area (Å²) in [7, 11) is -3.70. The van der Waals surface area contributed by atoms with Crippen LogP contribution in [0.5, 0.6) is 0 Å². The van der Waals surface area contributed by atoms with Gasteiger partial charge in [-0.1, -0.05) is 65.7 Å². The lowest BCUT2D eigenvalue weighted by Crippen LogP contribution is -2.57. The van der Waals surface area contributed by atoms with Crippen LogP contribution in [-0.2, 0) is 25.2 Å². The number of sulfonamides is 1. The Labute approximate surface area is 251 Å². The van der Waals surface area contributed by atoms with Crippen LogP contribution in [0, 0.1) is 0 Å². The number of amides is 1. The molecule has 5 rings (SSSR count). The Hall–Kier alpha value is -2.66. The standard InChI is InChI=1S/C30H34Cl2N4O4S/c31-26-12-11-23(21-27(26)32)30(15-18-36(22-30)41(38,39)25-9-5-2-6-10-25)40-20-19-35-16-13-29(14-17-35,28(33)37)34-24-7-3-1-4-8-24/h1-12,21,34H,13-20,22H2,(H2,33,37). The first-order valence-corrected chi connectivity index (χ1v) is 15.8. The normalized spacial score (nSPS) is 21.5. The van der Waals surface area contributed by atoms with Crippen molar-refractivity contribution in [3.63, 3.8) is 0 Å². The van der Waals surface area contributed by atoms with Crippen LogP contribution >= 0.6 is 23.2 Å². The van der Waals surface area contributed by atoms with Crippen molar-refractivity contribution >= 4 is 44.8 Å². The SMILES string of the molecule is NC(=O)C1(Nc2ccccc2)CCN(CCOC2(c3ccc(Cl)c(Cl)c3)CCN(S(=O)(=O)c3ccccc3)C2)CC1. The molecular weight excluding hydrogens is 583 g/mol. The van der Waals surface area contributed by atoms with Crippen molar-refractivity contribution in [2.75, 3.05) is 44.6 Å². The number of hydrogen-bond donors (Lipinski definition) is 2. The van der Waals surface area contributed by atoms with Gasteiger partial charge >= 0.3 is 0 Å². The number of anilines is 1. The zero-order valence-corrected chi connectivity index (χ0v) is 25.0. The van der Waals surface area contributed by atoms with Crippen molar-refractivity contribution in [3.8, 4) is 0 Å². The van der Waals surface area contributed by atoms with Crippen molar-refractivity contribution in [2.45, 2.75) is 35.3 Å². The summed E-state index contributed by atoms with van der Waals surface area (Å²) in [5.41, 5.74) is 5.82. The molecular formula is C30H34Cl2N4O4S. The number of carbonyl (C=O) groups excluding carboxylic acids is 1. The third kappa shape index (κ3) is 6.40. The van der Waals surface area contributed by atoms with E-state index >= 15 is 0 Å². The number of rotatable bonds is 10. The van der Waals surface area contributed by atoms with E-state index in [-0.39, 0.29) is 17.3 Å². The largest absolute Gasteiger partial charge is 0.371 e. The molecule has 2 saturated heterocycles. The third-order valence-corrected chi connectivity index (χ3v) is 10.7. The van der Waals surface area contributed by atoms with Crippen LogP contribution in [0.1, 0.15) is 24.8 Å². The van der Waals surface area contributed by atoms with Gasteiger partial charge in [0.05, 0.1) is 21.5 Å². The van der Waals surface area contributed by atoms with Gasteiger partial charge < -0.3 is 20.7 Å². The lowest BCUT2D eigenvalue weighted by Gasteiger charge is -2.41. The first-order valence-electron chi connectivity index (χ1n) is 13.6. The third-order valence-electron chi connectivity index (χ3n) is 8.15. The average Bonchev–Trinajstić information content (AvgIpc) is 3.43. The molecule has 1 atom stereocenters. The summed E-state index contributed by atoms with van der Waals surface area (Å²) in [6.07, 6.45) is 1.61. The molecule has 1 amide bonds. The number of nitrogens with zero attached hydrogens (tertiary/aromatic N) is 2. The summed E-state index contributed by atoms with van der Waals surface area (Å²) in [5, 5.41) is 4.18. The Morgan fingerprint density at radius 3 is 2.20 bits per heavy atom. The maximum atomic E-state index is 13.4. The molecule has 2 aliphatic heterocycles. The van der Waals surface area contributed by atoms with Gasteiger partial charge in [-0.3, -0.25) is 4.79 Å². The zero-order chi connectivity index (χ0) is 29.1. The molecule has 218 valence electrons. The number of halogens is 2. The van der Waals surface area contributed by atoms with E-state index in [2.05, 4.69) is 10.2 Å². The fourth-order valence-electron chi connectivity index (χ4n) is 5.67. The van der Waals surface area contributed by atoms with Crippen LogP contribution in [0.15, 0.2) is 83.8 Å². The highest BCUT2D eigenvalue weighted by Gasteiger charge is 2.46. The highest BCUT2D eigenvalue weighted by molar-refractivity contribution is 7.89. The Morgan fingerprint density at radius 1 is 0.902 bits per heavy atom. The van der Waals surface area contributed by atoms with Gasteiger partial charge in [-0.25, -0.2) is 8.42 Å². The molecule has 0 bridgehead atoms. The van der Waals surface area contributed by atoms with Crippen molar-refractivity contribution in [3.05, 3.63) is 94.5 Å². The number of ether oxygens (including phenoxy) is 1. The van der Waals surface area contributed by atoms with Crippen molar-refractivity contribution in [1.82, 2.24) is 9.21 Å². The highest BCUT2D eigenvalue weighted by atomic mass is 35.5. The molecule has 0 saturated carbocycles. The molecule has 3 aromatic carbocycles. The molecule has 2 heterocycles. The van der Waals surface area contributed by atoms with E-state index in [1.807, 2.05) is 36.4 Å². The first kappa shape index (κ1) is 29.8. The van der Waals surface area contributed by atoms with E-state index in [1.54, 1.807) is 42.5 Å². The number of likely N-dealkylation sites (tertiary alicyclic amines) is 1. The van der Waals surface area contributed by atoms with Crippen LogP contribution in [0.4, 0.5) is 5.69 Å². The smallest absolute Gasteiger partial charge is 0.243 e. The molecule has 1 unspecified atom stereocenters. The minimum absolute atomic E-state index is 0.161. The summed E-state index contributed by atoms with van der Waals surface area (Å²) in [6.45, 7) is 2.80. The number of carbonyl (C=O) groups is 1. The maximum Gasteiger partial charge on any atom is 0.243 e. The fourth-order valence-corrected chi connectivity index (χ4v) is 7.48. The molecule has 3 aromatic rings. The lowest BCUT2D eigenvalue weighted by molar-refractivity contribution is -0.124. The van der Waals surface area contributed by atoms with Gasteiger partial charge in [0, 0.05) is 38.4 Å². The fraction of sp³-hybridized carbons (Fsp3) is 0.367. The molecule has 0 aliphatic carbocycles. The average molecular weight is 618 g/mol. The molecule has 3 N–H and O–H groups in total. The number of hydrogen-bond acceptors (Lipinski definition) is 6. The lowest BCUT2D eigenvalue weighted by atomic mass is 9.86. The van der Waals surface area contributed by atoms with Gasteiger partial charge in [0.15, 0.2) is 0 Å². The van der Waals surface area contributed by atoms with Gasteiger partial charge in [-0.2, -0.15) is 4.31 Å². The van der Waals surface area contributed by atoms with Crippen LogP contribution in [-0.4, -0.2) is 68.4 Å². The number of nitrogens with two attached hydrogens (primary N) is 1. The van der Waals surface area contributed by atoms with Gasteiger partial charge in [0.1, 0.15) is 11.1 Å². The highest BCUT2D eigenvalue weighted by Crippen LogP contribution is 2.40. The summed E-state index contributed by atoms with van der Waals surface area (Å²) in [5.74, 6) is -0.360. The molecule has 0 spiro atoms. The number of benzene rings is 3. The monoisotopic (exact) mass is 616 g/mol. The second-order valence-electron chi connectivity index (χ2n) is 10.7. The summed E-state index contributed by atoms with van der Waals surface area (Å²) >= 11 is 12.6. The minimum atomic E-state index is -3.70. The molecule has 41 heavy (non-hydrogen) atoms. The number of nitrogens with one attached hydrogen (secondary N) is 1. The molecule has 0 aromatic heterocycles. The van der Waals surface area contributed by atoms with Crippen molar-refractivity contribution in [1.29, 1.82) is 0 Å². The van der Waals surface area contributed by atoms with Crippen molar-refractivity contribution < 1.29 is 17.9 Å². The van der Waals surface area contributed by atoms with E-state index in [4.69, 9.17) is 33.7 Å². The van der Waals surface area contributed by atoms with Gasteiger partial charge in [-0.15, -0.1) is 0 Å². The van der Waals surface area contributed by atoms with Crippen LogP contribution in [0.25, 0.3) is 0 Å². The predicted molar refractivity (Wildman–Crippen MR) is 162 cm³/mol. The van der Waals surface area contributed by atoms with E-state index < -0.39 is 21.2 Å². The minimum Gasteiger partial charge on any atom is -0.371 e. The second-order valence-corrected chi connectivity index (χ2v) is 13.4. The van der Waals surface area contributed by atoms with Gasteiger partial charge in [0.25, 0.3) is 0 Å². The topological polar surface area (TPSA) is 105 Å². The second kappa shape index (κ2) is 12.3.